The molecule has 0 fully saturated rings. The minimum absolute atomic E-state index is 0.0212. The molecule has 1 atom stereocenters. The lowest BCUT2D eigenvalue weighted by molar-refractivity contribution is -0.132. The van der Waals surface area contributed by atoms with Crippen molar-refractivity contribution in [3.63, 3.8) is 0 Å². The molecule has 1 amide bonds. The highest BCUT2D eigenvalue weighted by Crippen LogP contribution is 2.10. The number of aliphatic hydroxyl groups excluding tert-OH is 1. The van der Waals surface area contributed by atoms with Crippen LogP contribution >= 0.6 is 11.6 Å². The van der Waals surface area contributed by atoms with Gasteiger partial charge in [-0.1, -0.05) is 30.3 Å². The number of unbranched alkanes of at least 4 members (excludes halogenated alkanes) is 1. The number of nitrogens with zero attached hydrogens (tertiary/aromatic N) is 1. The molecule has 0 saturated heterocycles. The normalized spacial score (nSPS) is 12.2. The van der Waals surface area contributed by atoms with Gasteiger partial charge in [0.15, 0.2) is 0 Å². The molecule has 0 aliphatic heterocycles. The molecule has 1 rings (SSSR count). The van der Waals surface area contributed by atoms with E-state index in [-0.39, 0.29) is 18.6 Å². The smallest absolute Gasteiger partial charge is 0.222 e. The molecule has 0 aliphatic rings. The number of carbonyl (C=O) groups excluding carboxylic acids is 1. The van der Waals surface area contributed by atoms with Crippen LogP contribution in [-0.2, 0) is 11.2 Å². The van der Waals surface area contributed by atoms with Crippen molar-refractivity contribution in [1.82, 2.24) is 4.90 Å². The topological polar surface area (TPSA) is 40.5 Å². The van der Waals surface area contributed by atoms with Gasteiger partial charge in [0.05, 0.1) is 12.6 Å². The first-order valence-corrected chi connectivity index (χ1v) is 7.19. The zero-order valence-corrected chi connectivity index (χ0v) is 12.1. The molecule has 0 bridgehead atoms. The van der Waals surface area contributed by atoms with E-state index in [0.29, 0.717) is 18.7 Å². The summed E-state index contributed by atoms with van der Waals surface area (Å²) in [5.74, 6) is 0.657. The maximum atomic E-state index is 12.0. The van der Waals surface area contributed by atoms with E-state index < -0.39 is 0 Å². The third-order valence-corrected chi connectivity index (χ3v) is 3.51. The molecule has 0 aromatic heterocycles. The standard InChI is InChI=1S/C15H22ClNO2/c1-17(15(19)9-5-6-10-16)14(12-18)11-13-7-3-2-4-8-13/h2-4,7-8,14,18H,5-6,9-12H2,1H3/t14-/m0/s1. The Bertz CT molecular complexity index is 370. The average Bonchev–Trinajstić information content (AvgIpc) is 2.45. The van der Waals surface area contributed by atoms with Gasteiger partial charge < -0.3 is 10.0 Å². The number of alkyl halides is 1. The monoisotopic (exact) mass is 283 g/mol. The third-order valence-electron chi connectivity index (χ3n) is 3.24. The molecule has 0 saturated carbocycles. The van der Waals surface area contributed by atoms with Crippen LogP contribution in [0.1, 0.15) is 24.8 Å². The molecule has 1 aromatic rings. The Labute approximate surface area is 120 Å². The van der Waals surface area contributed by atoms with Crippen molar-refractivity contribution in [2.24, 2.45) is 0 Å². The lowest BCUT2D eigenvalue weighted by atomic mass is 10.0. The summed E-state index contributed by atoms with van der Waals surface area (Å²) >= 11 is 5.60. The van der Waals surface area contributed by atoms with Crippen LogP contribution in [0.5, 0.6) is 0 Å². The molecule has 106 valence electrons. The van der Waals surface area contributed by atoms with Crippen molar-refractivity contribution in [3.8, 4) is 0 Å². The van der Waals surface area contributed by atoms with E-state index in [4.69, 9.17) is 11.6 Å². The van der Waals surface area contributed by atoms with Crippen molar-refractivity contribution in [2.75, 3.05) is 19.5 Å². The maximum Gasteiger partial charge on any atom is 0.222 e. The number of carbonyl (C=O) groups is 1. The number of aliphatic hydroxyl groups is 1. The van der Waals surface area contributed by atoms with Crippen molar-refractivity contribution in [3.05, 3.63) is 35.9 Å². The fraction of sp³-hybridized carbons (Fsp3) is 0.533. The van der Waals surface area contributed by atoms with Crippen molar-refractivity contribution in [1.29, 1.82) is 0 Å². The molecule has 1 aromatic carbocycles. The summed E-state index contributed by atoms with van der Waals surface area (Å²) in [6.07, 6.45) is 2.82. The van der Waals surface area contributed by atoms with Crippen LogP contribution in [0.4, 0.5) is 0 Å². The van der Waals surface area contributed by atoms with Gasteiger partial charge in [0, 0.05) is 19.3 Å². The molecule has 0 unspecified atom stereocenters. The van der Waals surface area contributed by atoms with E-state index in [1.54, 1.807) is 11.9 Å². The summed E-state index contributed by atoms with van der Waals surface area (Å²) in [5.41, 5.74) is 1.13. The number of halogens is 1. The lowest BCUT2D eigenvalue weighted by Gasteiger charge is -2.27. The van der Waals surface area contributed by atoms with Gasteiger partial charge in [-0.05, 0) is 24.8 Å². The van der Waals surface area contributed by atoms with Crippen LogP contribution < -0.4 is 0 Å². The SMILES string of the molecule is CN(C(=O)CCCCCl)[C@H](CO)Cc1ccccc1. The quantitative estimate of drug-likeness (QED) is 0.588. The van der Waals surface area contributed by atoms with E-state index in [0.717, 1.165) is 18.4 Å². The zero-order valence-electron chi connectivity index (χ0n) is 11.4. The fourth-order valence-electron chi connectivity index (χ4n) is 1.96. The van der Waals surface area contributed by atoms with Crippen LogP contribution in [0.2, 0.25) is 0 Å². The first-order valence-electron chi connectivity index (χ1n) is 6.65. The van der Waals surface area contributed by atoms with E-state index in [1.807, 2.05) is 30.3 Å². The number of hydrogen-bond donors (Lipinski definition) is 1. The second-order valence-corrected chi connectivity index (χ2v) is 5.05. The fourth-order valence-corrected chi connectivity index (χ4v) is 2.15. The minimum atomic E-state index is -0.161. The molecular weight excluding hydrogens is 262 g/mol. The first kappa shape index (κ1) is 16.0. The molecular formula is C15H22ClNO2. The zero-order chi connectivity index (χ0) is 14.1. The highest BCUT2D eigenvalue weighted by Gasteiger charge is 2.19. The maximum absolute atomic E-state index is 12.0. The van der Waals surface area contributed by atoms with E-state index >= 15 is 0 Å². The number of hydrogen-bond acceptors (Lipinski definition) is 2. The van der Waals surface area contributed by atoms with Gasteiger partial charge in [-0.25, -0.2) is 0 Å². The number of likely N-dealkylation sites (N-methyl/N-ethyl adjacent to an activating group) is 1. The highest BCUT2D eigenvalue weighted by molar-refractivity contribution is 6.17. The van der Waals surface area contributed by atoms with Gasteiger partial charge in [-0.3, -0.25) is 4.79 Å². The van der Waals surface area contributed by atoms with Crippen LogP contribution in [0.15, 0.2) is 30.3 Å². The van der Waals surface area contributed by atoms with Crippen LogP contribution in [0.3, 0.4) is 0 Å². The predicted molar refractivity (Wildman–Crippen MR) is 78.4 cm³/mol. The third kappa shape index (κ3) is 5.62. The Morgan fingerprint density at radius 2 is 2.00 bits per heavy atom. The summed E-state index contributed by atoms with van der Waals surface area (Å²) < 4.78 is 0. The van der Waals surface area contributed by atoms with Crippen molar-refractivity contribution >= 4 is 17.5 Å². The van der Waals surface area contributed by atoms with Gasteiger partial charge in [0.25, 0.3) is 0 Å². The van der Waals surface area contributed by atoms with Gasteiger partial charge in [0.2, 0.25) is 5.91 Å². The van der Waals surface area contributed by atoms with Crippen LogP contribution in [0, 0.1) is 0 Å². The van der Waals surface area contributed by atoms with E-state index in [9.17, 15) is 9.90 Å². The Balaban J connectivity index is 2.51. The summed E-state index contributed by atoms with van der Waals surface area (Å²) in [4.78, 5) is 13.6. The summed E-state index contributed by atoms with van der Waals surface area (Å²) in [6.45, 7) is -0.0212. The molecule has 0 aliphatic carbocycles. The first-order chi connectivity index (χ1) is 9.19. The van der Waals surface area contributed by atoms with Gasteiger partial charge in [-0.2, -0.15) is 0 Å². The molecule has 0 heterocycles. The largest absolute Gasteiger partial charge is 0.394 e. The summed E-state index contributed by atoms with van der Waals surface area (Å²) in [5, 5.41) is 9.46. The Morgan fingerprint density at radius 1 is 1.32 bits per heavy atom. The van der Waals surface area contributed by atoms with Gasteiger partial charge in [-0.15, -0.1) is 11.6 Å². The Morgan fingerprint density at radius 3 is 2.58 bits per heavy atom. The minimum Gasteiger partial charge on any atom is -0.394 e. The Hall–Kier alpha value is -1.06. The molecule has 4 heteroatoms. The Kier molecular flexibility index (Phi) is 7.53. The molecule has 0 radical (unpaired) electrons. The molecule has 0 spiro atoms. The second kappa shape index (κ2) is 8.94. The number of amides is 1. The van der Waals surface area contributed by atoms with Crippen molar-refractivity contribution in [2.45, 2.75) is 31.7 Å². The second-order valence-electron chi connectivity index (χ2n) is 4.68. The van der Waals surface area contributed by atoms with Gasteiger partial charge in [0.1, 0.15) is 0 Å². The molecule has 1 N–H and O–H groups in total. The highest BCUT2D eigenvalue weighted by atomic mass is 35.5. The summed E-state index contributed by atoms with van der Waals surface area (Å²) in [7, 11) is 1.76. The molecule has 19 heavy (non-hydrogen) atoms. The summed E-state index contributed by atoms with van der Waals surface area (Å²) in [6, 6.07) is 9.74. The van der Waals surface area contributed by atoms with Crippen molar-refractivity contribution < 1.29 is 9.90 Å². The molecule has 3 nitrogen and oxygen atoms in total. The number of rotatable bonds is 8. The average molecular weight is 284 g/mol. The van der Waals surface area contributed by atoms with E-state index in [1.165, 1.54) is 0 Å². The lowest BCUT2D eigenvalue weighted by Crippen LogP contribution is -2.40. The van der Waals surface area contributed by atoms with E-state index in [2.05, 4.69) is 0 Å². The van der Waals surface area contributed by atoms with Gasteiger partial charge >= 0.3 is 0 Å². The van der Waals surface area contributed by atoms with Crippen LogP contribution in [0.25, 0.3) is 0 Å². The van der Waals surface area contributed by atoms with Crippen LogP contribution in [-0.4, -0.2) is 41.5 Å². The number of benzene rings is 1. The predicted octanol–water partition coefficient (Wildman–Crippen LogP) is 2.46.